The molecule has 8 heteroatoms. The van der Waals surface area contributed by atoms with Crippen molar-refractivity contribution in [2.75, 3.05) is 26.2 Å². The van der Waals surface area contributed by atoms with E-state index >= 15 is 0 Å². The number of benzene rings is 1. The van der Waals surface area contributed by atoms with Crippen molar-refractivity contribution in [2.24, 2.45) is 0 Å². The number of likely N-dealkylation sites (tertiary alicyclic amines) is 1. The number of nitrogens with zero attached hydrogens (tertiary/aromatic N) is 1. The standard InChI is InChI=1S/C18H23N3O4S/c22-18(19-7-10-21-8-1-2-9-21)17-12-13-11-15(5-6-16(13)25-17)26(23,24)20-14-3-4-14/h5-6,11-12,14,20H,1-4,7-10H2,(H,19,22). The molecule has 1 aliphatic heterocycles. The van der Waals surface area contributed by atoms with Gasteiger partial charge < -0.3 is 14.6 Å². The third kappa shape index (κ3) is 3.92. The van der Waals surface area contributed by atoms with Crippen molar-refractivity contribution in [3.8, 4) is 0 Å². The number of nitrogens with one attached hydrogen (secondary N) is 2. The first-order valence-electron chi connectivity index (χ1n) is 9.08. The van der Waals surface area contributed by atoms with Crippen LogP contribution in [0.2, 0.25) is 0 Å². The molecule has 1 amide bonds. The maximum absolute atomic E-state index is 12.3. The van der Waals surface area contributed by atoms with Crippen molar-refractivity contribution >= 4 is 26.9 Å². The molecule has 2 heterocycles. The van der Waals surface area contributed by atoms with Gasteiger partial charge in [-0.25, -0.2) is 13.1 Å². The molecule has 1 aliphatic carbocycles. The van der Waals surface area contributed by atoms with Gasteiger partial charge in [0.25, 0.3) is 5.91 Å². The lowest BCUT2D eigenvalue weighted by Crippen LogP contribution is -2.33. The smallest absolute Gasteiger partial charge is 0.287 e. The third-order valence-electron chi connectivity index (χ3n) is 4.83. The molecule has 0 spiro atoms. The zero-order valence-corrected chi connectivity index (χ0v) is 15.3. The van der Waals surface area contributed by atoms with Crippen molar-refractivity contribution in [3.63, 3.8) is 0 Å². The first-order chi connectivity index (χ1) is 12.5. The molecule has 2 aromatic rings. The number of furan rings is 1. The van der Waals surface area contributed by atoms with Gasteiger partial charge in [-0.05, 0) is 63.0 Å². The molecule has 26 heavy (non-hydrogen) atoms. The minimum absolute atomic E-state index is 0.0528. The summed E-state index contributed by atoms with van der Waals surface area (Å²) in [5.41, 5.74) is 0.500. The van der Waals surface area contributed by atoms with E-state index in [0.29, 0.717) is 17.5 Å². The van der Waals surface area contributed by atoms with E-state index < -0.39 is 10.0 Å². The van der Waals surface area contributed by atoms with E-state index in [1.807, 2.05) is 0 Å². The Balaban J connectivity index is 1.43. The predicted octanol–water partition coefficient (Wildman–Crippen LogP) is 1.70. The number of carbonyl (C=O) groups excluding carboxylic acids is 1. The van der Waals surface area contributed by atoms with Crippen LogP contribution in [0.4, 0.5) is 0 Å². The molecule has 0 atom stereocenters. The SMILES string of the molecule is O=C(NCCN1CCCC1)c1cc2cc(S(=O)(=O)NC3CC3)ccc2o1. The summed E-state index contributed by atoms with van der Waals surface area (Å²) in [4.78, 5) is 14.8. The molecule has 1 saturated carbocycles. The highest BCUT2D eigenvalue weighted by Crippen LogP contribution is 2.26. The second-order valence-electron chi connectivity index (χ2n) is 7.01. The highest BCUT2D eigenvalue weighted by Gasteiger charge is 2.28. The molecular weight excluding hydrogens is 354 g/mol. The number of hydrogen-bond donors (Lipinski definition) is 2. The topological polar surface area (TPSA) is 91.7 Å². The lowest BCUT2D eigenvalue weighted by Gasteiger charge is -2.14. The van der Waals surface area contributed by atoms with Crippen LogP contribution in [0.1, 0.15) is 36.2 Å². The van der Waals surface area contributed by atoms with Gasteiger partial charge in [-0.15, -0.1) is 0 Å². The van der Waals surface area contributed by atoms with Gasteiger partial charge in [-0.3, -0.25) is 4.79 Å². The van der Waals surface area contributed by atoms with E-state index in [4.69, 9.17) is 4.42 Å². The van der Waals surface area contributed by atoms with Crippen LogP contribution in [0.15, 0.2) is 33.6 Å². The van der Waals surface area contributed by atoms with Crippen LogP contribution in [0.3, 0.4) is 0 Å². The first kappa shape index (κ1) is 17.5. The molecule has 0 unspecified atom stereocenters. The fraction of sp³-hybridized carbons (Fsp3) is 0.500. The molecule has 0 bridgehead atoms. The molecule has 2 fully saturated rings. The van der Waals surface area contributed by atoms with Crippen LogP contribution in [-0.2, 0) is 10.0 Å². The molecule has 4 rings (SSSR count). The van der Waals surface area contributed by atoms with Crippen molar-refractivity contribution in [1.29, 1.82) is 0 Å². The number of fused-ring (bicyclic) bond motifs is 1. The van der Waals surface area contributed by atoms with Crippen LogP contribution in [0.25, 0.3) is 11.0 Å². The third-order valence-corrected chi connectivity index (χ3v) is 6.35. The summed E-state index contributed by atoms with van der Waals surface area (Å²) in [5, 5.41) is 3.47. The van der Waals surface area contributed by atoms with Crippen molar-refractivity contribution in [3.05, 3.63) is 30.0 Å². The lowest BCUT2D eigenvalue weighted by molar-refractivity contribution is 0.0924. The largest absolute Gasteiger partial charge is 0.451 e. The summed E-state index contributed by atoms with van der Waals surface area (Å²) in [6.07, 6.45) is 4.21. The second kappa shape index (κ2) is 7.02. The molecule has 2 aliphatic rings. The number of amides is 1. The highest BCUT2D eigenvalue weighted by molar-refractivity contribution is 7.89. The minimum Gasteiger partial charge on any atom is -0.451 e. The number of rotatable bonds is 7. The Labute approximate surface area is 152 Å². The van der Waals surface area contributed by atoms with Crippen molar-refractivity contribution < 1.29 is 17.6 Å². The Kier molecular flexibility index (Phi) is 4.73. The average Bonchev–Trinajstić information content (AvgIpc) is 3.11. The molecule has 140 valence electrons. The minimum atomic E-state index is -3.52. The van der Waals surface area contributed by atoms with Gasteiger partial charge >= 0.3 is 0 Å². The van der Waals surface area contributed by atoms with Gasteiger partial charge in [0.2, 0.25) is 10.0 Å². The molecule has 0 radical (unpaired) electrons. The summed E-state index contributed by atoms with van der Waals surface area (Å²) in [6, 6.07) is 6.29. The van der Waals surface area contributed by atoms with Crippen LogP contribution in [-0.4, -0.2) is 51.4 Å². The van der Waals surface area contributed by atoms with E-state index in [-0.39, 0.29) is 22.6 Å². The first-order valence-corrected chi connectivity index (χ1v) is 10.6. The maximum Gasteiger partial charge on any atom is 0.287 e. The van der Waals surface area contributed by atoms with Crippen LogP contribution >= 0.6 is 0 Å². The molecule has 1 saturated heterocycles. The number of sulfonamides is 1. The zero-order chi connectivity index (χ0) is 18.1. The predicted molar refractivity (Wildman–Crippen MR) is 97.6 cm³/mol. The Morgan fingerprint density at radius 2 is 1.96 bits per heavy atom. The molecule has 2 N–H and O–H groups in total. The Hall–Kier alpha value is -1.90. The van der Waals surface area contributed by atoms with Gasteiger partial charge in [0.15, 0.2) is 5.76 Å². The maximum atomic E-state index is 12.3. The average molecular weight is 377 g/mol. The van der Waals surface area contributed by atoms with Crippen molar-refractivity contribution in [2.45, 2.75) is 36.6 Å². The van der Waals surface area contributed by atoms with Crippen LogP contribution in [0, 0.1) is 0 Å². The fourth-order valence-corrected chi connectivity index (χ4v) is 4.55. The van der Waals surface area contributed by atoms with E-state index in [0.717, 1.165) is 32.5 Å². The van der Waals surface area contributed by atoms with Gasteiger partial charge in [0.05, 0.1) is 4.90 Å². The van der Waals surface area contributed by atoms with Gasteiger partial charge in [-0.2, -0.15) is 0 Å². The fourth-order valence-electron chi connectivity index (χ4n) is 3.21. The summed E-state index contributed by atoms with van der Waals surface area (Å²) < 4.78 is 32.8. The monoisotopic (exact) mass is 377 g/mol. The van der Waals surface area contributed by atoms with Crippen molar-refractivity contribution in [1.82, 2.24) is 14.9 Å². The van der Waals surface area contributed by atoms with E-state index in [1.165, 1.54) is 18.9 Å². The molecule has 1 aromatic heterocycles. The van der Waals surface area contributed by atoms with Crippen LogP contribution < -0.4 is 10.0 Å². The second-order valence-corrected chi connectivity index (χ2v) is 8.72. The quantitative estimate of drug-likeness (QED) is 0.766. The van der Waals surface area contributed by atoms with Gasteiger partial charge in [0.1, 0.15) is 5.58 Å². The summed E-state index contributed by atoms with van der Waals surface area (Å²) in [7, 11) is -3.52. The normalized spacial score (nSPS) is 18.5. The Morgan fingerprint density at radius 3 is 2.69 bits per heavy atom. The number of carbonyl (C=O) groups is 1. The molecule has 7 nitrogen and oxygen atoms in total. The summed E-state index contributed by atoms with van der Waals surface area (Å²) >= 11 is 0. The summed E-state index contributed by atoms with van der Waals surface area (Å²) in [5.74, 6) is -0.0768. The highest BCUT2D eigenvalue weighted by atomic mass is 32.2. The summed E-state index contributed by atoms with van der Waals surface area (Å²) in [6.45, 7) is 3.58. The van der Waals surface area contributed by atoms with E-state index in [2.05, 4.69) is 14.9 Å². The van der Waals surface area contributed by atoms with E-state index in [9.17, 15) is 13.2 Å². The van der Waals surface area contributed by atoms with E-state index in [1.54, 1.807) is 18.2 Å². The Bertz CT molecular complexity index is 912. The number of hydrogen-bond acceptors (Lipinski definition) is 5. The van der Waals surface area contributed by atoms with Crippen LogP contribution in [0.5, 0.6) is 0 Å². The van der Waals surface area contributed by atoms with Gasteiger partial charge in [-0.1, -0.05) is 0 Å². The molecular formula is C18H23N3O4S. The molecule has 1 aromatic carbocycles. The lowest BCUT2D eigenvalue weighted by atomic mass is 10.2. The van der Waals surface area contributed by atoms with Gasteiger partial charge in [0, 0.05) is 24.5 Å². The Morgan fingerprint density at radius 1 is 1.19 bits per heavy atom. The zero-order valence-electron chi connectivity index (χ0n) is 14.5.